The number of rotatable bonds is 6. The number of H-pyrrole nitrogens is 1. The van der Waals surface area contributed by atoms with Crippen LogP contribution in [0.25, 0.3) is 21.7 Å². The van der Waals surface area contributed by atoms with Gasteiger partial charge in [0.05, 0.1) is 10.4 Å². The summed E-state index contributed by atoms with van der Waals surface area (Å²) in [6, 6.07) is 14.1. The predicted octanol–water partition coefficient (Wildman–Crippen LogP) is 3.47. The Kier molecular flexibility index (Phi) is 5.49. The summed E-state index contributed by atoms with van der Waals surface area (Å²) < 4.78 is 0. The van der Waals surface area contributed by atoms with Crippen LogP contribution < -0.4 is 10.6 Å². The van der Waals surface area contributed by atoms with Gasteiger partial charge in [-0.05, 0) is 42.6 Å². The number of benzene rings is 2. The first kappa shape index (κ1) is 19.7. The highest BCUT2D eigenvalue weighted by atomic mass is 32.1. The van der Waals surface area contributed by atoms with Crippen molar-refractivity contribution in [2.24, 2.45) is 0 Å². The quantitative estimate of drug-likeness (QED) is 0.358. The summed E-state index contributed by atoms with van der Waals surface area (Å²) in [4.78, 5) is 33.3. The van der Waals surface area contributed by atoms with Crippen molar-refractivity contribution in [1.82, 2.24) is 20.6 Å². The lowest BCUT2D eigenvalue weighted by Crippen LogP contribution is -2.34. The second kappa shape index (κ2) is 8.38. The van der Waals surface area contributed by atoms with Gasteiger partial charge in [0.15, 0.2) is 0 Å². The van der Waals surface area contributed by atoms with Crippen molar-refractivity contribution in [3.8, 4) is 16.5 Å². The SMILES string of the molecule is Cc1ccc(C(=O)NCCNC(=O)c2ccc(O)c3[nH]c(-c4cccs4)nc23)cc1. The van der Waals surface area contributed by atoms with E-state index in [1.54, 1.807) is 12.1 Å². The van der Waals surface area contributed by atoms with Gasteiger partial charge in [-0.3, -0.25) is 9.59 Å². The Balaban J connectivity index is 1.41. The number of aryl methyl sites for hydroxylation is 1. The molecule has 0 saturated heterocycles. The van der Waals surface area contributed by atoms with E-state index in [1.165, 1.54) is 23.5 Å². The number of nitrogens with one attached hydrogen (secondary N) is 3. The first-order valence-electron chi connectivity index (χ1n) is 9.41. The molecule has 0 atom stereocenters. The molecule has 4 aromatic rings. The molecular weight excluding hydrogens is 400 g/mol. The Morgan fingerprint density at radius 3 is 2.47 bits per heavy atom. The van der Waals surface area contributed by atoms with Crippen LogP contribution in [0.15, 0.2) is 53.9 Å². The number of aromatic amines is 1. The van der Waals surface area contributed by atoms with Crippen molar-refractivity contribution in [2.45, 2.75) is 6.92 Å². The molecule has 0 aliphatic rings. The van der Waals surface area contributed by atoms with Gasteiger partial charge in [-0.15, -0.1) is 11.3 Å². The Hall–Kier alpha value is -3.65. The van der Waals surface area contributed by atoms with Gasteiger partial charge in [0.25, 0.3) is 11.8 Å². The molecule has 2 aromatic carbocycles. The van der Waals surface area contributed by atoms with Crippen LogP contribution in [0.1, 0.15) is 26.3 Å². The Morgan fingerprint density at radius 1 is 1.03 bits per heavy atom. The van der Waals surface area contributed by atoms with E-state index in [4.69, 9.17) is 0 Å². The summed E-state index contributed by atoms with van der Waals surface area (Å²) in [5.74, 6) is 0.112. The van der Waals surface area contributed by atoms with Gasteiger partial charge in [0.2, 0.25) is 0 Å². The van der Waals surface area contributed by atoms with E-state index in [2.05, 4.69) is 20.6 Å². The van der Waals surface area contributed by atoms with Gasteiger partial charge in [0.1, 0.15) is 22.6 Å². The molecular formula is C22H20N4O3S. The van der Waals surface area contributed by atoms with E-state index < -0.39 is 0 Å². The molecule has 7 nitrogen and oxygen atoms in total. The minimum atomic E-state index is -0.325. The van der Waals surface area contributed by atoms with Crippen molar-refractivity contribution >= 4 is 34.2 Å². The number of hydrogen-bond acceptors (Lipinski definition) is 5. The predicted molar refractivity (Wildman–Crippen MR) is 117 cm³/mol. The highest BCUT2D eigenvalue weighted by Crippen LogP contribution is 2.30. The first-order valence-corrected chi connectivity index (χ1v) is 10.3. The maximum absolute atomic E-state index is 12.7. The number of phenols is 1. The van der Waals surface area contributed by atoms with Crippen molar-refractivity contribution in [3.63, 3.8) is 0 Å². The number of aromatic nitrogens is 2. The molecule has 0 radical (unpaired) electrons. The molecule has 0 spiro atoms. The fraction of sp³-hybridized carbons (Fsp3) is 0.136. The first-order chi connectivity index (χ1) is 14.5. The number of hydrogen-bond donors (Lipinski definition) is 4. The zero-order valence-electron chi connectivity index (χ0n) is 16.2. The maximum Gasteiger partial charge on any atom is 0.253 e. The van der Waals surface area contributed by atoms with Gasteiger partial charge in [-0.2, -0.15) is 0 Å². The van der Waals surface area contributed by atoms with Crippen LogP contribution in [0.5, 0.6) is 5.75 Å². The largest absolute Gasteiger partial charge is 0.506 e. The van der Waals surface area contributed by atoms with E-state index in [-0.39, 0.29) is 24.1 Å². The molecule has 4 rings (SSSR count). The van der Waals surface area contributed by atoms with Crippen LogP contribution in [-0.2, 0) is 0 Å². The van der Waals surface area contributed by atoms with E-state index in [0.29, 0.717) is 34.5 Å². The Bertz CT molecular complexity index is 1200. The smallest absolute Gasteiger partial charge is 0.253 e. The third kappa shape index (κ3) is 4.04. The third-order valence-corrected chi connectivity index (χ3v) is 5.51. The molecule has 30 heavy (non-hydrogen) atoms. The standard InChI is InChI=1S/C22H20N4O3S/c1-13-4-6-14(7-5-13)21(28)23-10-11-24-22(29)15-8-9-16(27)19-18(15)25-20(26-19)17-3-2-12-30-17/h2-9,12,27H,10-11H2,1H3,(H,23,28)(H,24,29)(H,25,26). The van der Waals surface area contributed by atoms with Gasteiger partial charge in [-0.25, -0.2) is 4.98 Å². The number of amides is 2. The summed E-state index contributed by atoms with van der Waals surface area (Å²) in [5, 5.41) is 17.6. The zero-order valence-corrected chi connectivity index (χ0v) is 17.0. The maximum atomic E-state index is 12.7. The van der Waals surface area contributed by atoms with Crippen molar-refractivity contribution < 1.29 is 14.7 Å². The molecule has 2 heterocycles. The van der Waals surface area contributed by atoms with Crippen LogP contribution in [0, 0.1) is 6.92 Å². The number of carbonyl (C=O) groups is 2. The molecule has 0 saturated carbocycles. The summed E-state index contributed by atoms with van der Waals surface area (Å²) in [7, 11) is 0. The Morgan fingerprint density at radius 2 is 1.77 bits per heavy atom. The number of aromatic hydroxyl groups is 1. The van der Waals surface area contributed by atoms with E-state index >= 15 is 0 Å². The van der Waals surface area contributed by atoms with E-state index in [1.807, 2.05) is 36.6 Å². The molecule has 4 N–H and O–H groups in total. The zero-order chi connectivity index (χ0) is 21.1. The molecule has 2 amide bonds. The normalized spacial score (nSPS) is 10.8. The van der Waals surface area contributed by atoms with Crippen LogP contribution in [0.4, 0.5) is 0 Å². The molecule has 2 aromatic heterocycles. The molecule has 152 valence electrons. The number of phenolic OH excluding ortho intramolecular Hbond substituents is 1. The number of thiophene rings is 1. The minimum Gasteiger partial charge on any atom is -0.506 e. The lowest BCUT2D eigenvalue weighted by atomic mass is 10.1. The second-order valence-electron chi connectivity index (χ2n) is 6.80. The fourth-order valence-electron chi connectivity index (χ4n) is 3.05. The monoisotopic (exact) mass is 420 g/mol. The highest BCUT2D eigenvalue weighted by Gasteiger charge is 2.17. The highest BCUT2D eigenvalue weighted by molar-refractivity contribution is 7.13. The number of fused-ring (bicyclic) bond motifs is 1. The van der Waals surface area contributed by atoms with Crippen LogP contribution in [0.2, 0.25) is 0 Å². The molecule has 0 fully saturated rings. The average Bonchev–Trinajstić information content (AvgIpc) is 3.42. The fourth-order valence-corrected chi connectivity index (χ4v) is 3.71. The van der Waals surface area contributed by atoms with E-state index in [9.17, 15) is 14.7 Å². The third-order valence-electron chi connectivity index (χ3n) is 4.63. The number of nitrogens with zero attached hydrogens (tertiary/aromatic N) is 1. The van der Waals surface area contributed by atoms with Crippen LogP contribution in [0.3, 0.4) is 0 Å². The summed E-state index contributed by atoms with van der Waals surface area (Å²) in [6.45, 7) is 2.52. The van der Waals surface area contributed by atoms with Gasteiger partial charge >= 0.3 is 0 Å². The van der Waals surface area contributed by atoms with E-state index in [0.717, 1.165) is 10.4 Å². The topological polar surface area (TPSA) is 107 Å². The summed E-state index contributed by atoms with van der Waals surface area (Å²) in [6.07, 6.45) is 0. The molecule has 0 unspecified atom stereocenters. The number of carbonyl (C=O) groups excluding carboxylic acids is 2. The summed E-state index contributed by atoms with van der Waals surface area (Å²) in [5.41, 5.74) is 2.83. The Labute approximate surface area is 176 Å². The average molecular weight is 420 g/mol. The van der Waals surface area contributed by atoms with Gasteiger partial charge in [-0.1, -0.05) is 23.8 Å². The molecule has 0 aliphatic carbocycles. The molecule has 0 aliphatic heterocycles. The van der Waals surface area contributed by atoms with Gasteiger partial charge in [0, 0.05) is 18.7 Å². The minimum absolute atomic E-state index is 0.0298. The van der Waals surface area contributed by atoms with Crippen molar-refractivity contribution in [1.29, 1.82) is 0 Å². The lowest BCUT2D eigenvalue weighted by molar-refractivity contribution is 0.0928. The number of imidazole rings is 1. The molecule has 0 bridgehead atoms. The van der Waals surface area contributed by atoms with Crippen molar-refractivity contribution in [3.05, 3.63) is 70.6 Å². The molecule has 8 heteroatoms. The van der Waals surface area contributed by atoms with Gasteiger partial charge < -0.3 is 20.7 Å². The van der Waals surface area contributed by atoms with Crippen molar-refractivity contribution in [2.75, 3.05) is 13.1 Å². The second-order valence-corrected chi connectivity index (χ2v) is 7.74. The lowest BCUT2D eigenvalue weighted by Gasteiger charge is -2.08. The summed E-state index contributed by atoms with van der Waals surface area (Å²) >= 11 is 1.51. The van der Waals surface area contributed by atoms with Crippen LogP contribution in [-0.4, -0.2) is 40.0 Å². The van der Waals surface area contributed by atoms with Crippen LogP contribution >= 0.6 is 11.3 Å².